The molecule has 0 saturated heterocycles. The van der Waals surface area contributed by atoms with Crippen LogP contribution < -0.4 is 10.6 Å². The van der Waals surface area contributed by atoms with E-state index in [4.69, 9.17) is 0 Å². The molecule has 0 aliphatic heterocycles. The summed E-state index contributed by atoms with van der Waals surface area (Å²) in [6.07, 6.45) is 0. The third-order valence-corrected chi connectivity index (χ3v) is 3.61. The first-order valence-corrected chi connectivity index (χ1v) is 7.17. The van der Waals surface area contributed by atoms with Crippen molar-refractivity contribution in [2.24, 2.45) is 0 Å². The molecule has 20 heavy (non-hydrogen) atoms. The summed E-state index contributed by atoms with van der Waals surface area (Å²) in [6.45, 7) is 2.40. The van der Waals surface area contributed by atoms with Gasteiger partial charge in [-0.05, 0) is 30.5 Å². The lowest BCUT2D eigenvalue weighted by Gasteiger charge is -2.06. The van der Waals surface area contributed by atoms with Crippen LogP contribution in [0.5, 0.6) is 0 Å². The van der Waals surface area contributed by atoms with Crippen molar-refractivity contribution in [2.75, 3.05) is 6.54 Å². The molecule has 1 aromatic carbocycles. The number of nitrogens with one attached hydrogen (secondary N) is 2. The lowest BCUT2D eigenvalue weighted by molar-refractivity contribution is -0.120. The zero-order valence-electron chi connectivity index (χ0n) is 11.2. The van der Waals surface area contributed by atoms with Crippen LogP contribution in [-0.4, -0.2) is 18.4 Å². The number of aryl methyl sites for hydroxylation is 1. The topological polar surface area (TPSA) is 58.2 Å². The fourth-order valence-corrected chi connectivity index (χ4v) is 2.35. The monoisotopic (exact) mass is 288 g/mol. The van der Waals surface area contributed by atoms with Crippen LogP contribution in [0.4, 0.5) is 0 Å². The molecule has 1 aromatic heterocycles. The smallest absolute Gasteiger partial charge is 0.251 e. The van der Waals surface area contributed by atoms with Crippen LogP contribution in [0.15, 0.2) is 41.8 Å². The van der Waals surface area contributed by atoms with Gasteiger partial charge in [0.1, 0.15) is 0 Å². The van der Waals surface area contributed by atoms with E-state index >= 15 is 0 Å². The van der Waals surface area contributed by atoms with Crippen molar-refractivity contribution >= 4 is 23.2 Å². The summed E-state index contributed by atoms with van der Waals surface area (Å²) in [7, 11) is 0. The first kappa shape index (κ1) is 14.3. The molecule has 0 aliphatic rings. The number of amides is 2. The molecule has 0 saturated carbocycles. The zero-order chi connectivity index (χ0) is 14.4. The first-order chi connectivity index (χ1) is 9.65. The second-order valence-electron chi connectivity index (χ2n) is 4.41. The Morgan fingerprint density at radius 1 is 1.15 bits per heavy atom. The Kier molecular flexibility index (Phi) is 4.90. The largest absolute Gasteiger partial charge is 0.350 e. The molecular weight excluding hydrogens is 272 g/mol. The van der Waals surface area contributed by atoms with Gasteiger partial charge in [-0.3, -0.25) is 9.59 Å². The Morgan fingerprint density at radius 3 is 2.70 bits per heavy atom. The van der Waals surface area contributed by atoms with Crippen molar-refractivity contribution in [3.8, 4) is 0 Å². The van der Waals surface area contributed by atoms with Gasteiger partial charge in [-0.15, -0.1) is 11.3 Å². The maximum atomic E-state index is 11.8. The summed E-state index contributed by atoms with van der Waals surface area (Å²) in [5, 5.41) is 7.33. The highest BCUT2D eigenvalue weighted by Gasteiger charge is 2.07. The Labute approximate surface area is 121 Å². The molecule has 0 aliphatic carbocycles. The van der Waals surface area contributed by atoms with Crippen molar-refractivity contribution in [2.45, 2.75) is 13.5 Å². The molecule has 2 rings (SSSR count). The number of carbonyl (C=O) groups excluding carboxylic acids is 2. The molecule has 5 heteroatoms. The third-order valence-electron chi connectivity index (χ3n) is 2.73. The SMILES string of the molecule is Cc1cccc(C(=O)NCC(=O)NCc2cccs2)c1. The number of thiophene rings is 1. The Bertz CT molecular complexity index is 594. The van der Waals surface area contributed by atoms with E-state index in [9.17, 15) is 9.59 Å². The average Bonchev–Trinajstić information content (AvgIpc) is 2.95. The quantitative estimate of drug-likeness (QED) is 0.885. The van der Waals surface area contributed by atoms with Crippen molar-refractivity contribution < 1.29 is 9.59 Å². The highest BCUT2D eigenvalue weighted by atomic mass is 32.1. The van der Waals surface area contributed by atoms with Crippen molar-refractivity contribution in [3.63, 3.8) is 0 Å². The fourth-order valence-electron chi connectivity index (χ4n) is 1.71. The molecule has 0 radical (unpaired) electrons. The summed E-state index contributed by atoms with van der Waals surface area (Å²) < 4.78 is 0. The molecular formula is C15H16N2O2S. The Morgan fingerprint density at radius 2 is 2.00 bits per heavy atom. The summed E-state index contributed by atoms with van der Waals surface area (Å²) in [4.78, 5) is 24.6. The van der Waals surface area contributed by atoms with Crippen LogP contribution in [0.25, 0.3) is 0 Å². The Balaban J connectivity index is 1.77. The van der Waals surface area contributed by atoms with Crippen LogP contribution in [0, 0.1) is 6.92 Å². The minimum Gasteiger partial charge on any atom is -0.350 e. The van der Waals surface area contributed by atoms with Gasteiger partial charge in [-0.2, -0.15) is 0 Å². The van der Waals surface area contributed by atoms with E-state index in [0.29, 0.717) is 12.1 Å². The van der Waals surface area contributed by atoms with E-state index < -0.39 is 0 Å². The van der Waals surface area contributed by atoms with Gasteiger partial charge in [0.2, 0.25) is 5.91 Å². The van der Waals surface area contributed by atoms with Crippen LogP contribution in [0.2, 0.25) is 0 Å². The van der Waals surface area contributed by atoms with E-state index in [0.717, 1.165) is 10.4 Å². The fraction of sp³-hybridized carbons (Fsp3) is 0.200. The van der Waals surface area contributed by atoms with E-state index in [-0.39, 0.29) is 18.4 Å². The van der Waals surface area contributed by atoms with Gasteiger partial charge in [0.05, 0.1) is 13.1 Å². The van der Waals surface area contributed by atoms with Gasteiger partial charge in [0.25, 0.3) is 5.91 Å². The predicted molar refractivity (Wildman–Crippen MR) is 79.7 cm³/mol. The van der Waals surface area contributed by atoms with Gasteiger partial charge < -0.3 is 10.6 Å². The number of rotatable bonds is 5. The molecule has 0 atom stereocenters. The minimum atomic E-state index is -0.236. The maximum Gasteiger partial charge on any atom is 0.251 e. The number of hydrogen-bond donors (Lipinski definition) is 2. The number of carbonyl (C=O) groups is 2. The second kappa shape index (κ2) is 6.86. The molecule has 1 heterocycles. The molecule has 2 N–H and O–H groups in total. The van der Waals surface area contributed by atoms with Gasteiger partial charge in [-0.25, -0.2) is 0 Å². The van der Waals surface area contributed by atoms with E-state index in [1.807, 2.05) is 36.6 Å². The summed E-state index contributed by atoms with van der Waals surface area (Å²) in [5.41, 5.74) is 1.58. The number of hydrogen-bond acceptors (Lipinski definition) is 3. The minimum absolute atomic E-state index is 0.0157. The second-order valence-corrected chi connectivity index (χ2v) is 5.44. The van der Waals surface area contributed by atoms with Crippen LogP contribution in [0.1, 0.15) is 20.8 Å². The molecule has 104 valence electrons. The normalized spacial score (nSPS) is 10.1. The van der Waals surface area contributed by atoms with E-state index in [1.165, 1.54) is 0 Å². The Hall–Kier alpha value is -2.14. The van der Waals surface area contributed by atoms with Crippen molar-refractivity contribution in [1.82, 2.24) is 10.6 Å². The van der Waals surface area contributed by atoms with E-state index in [1.54, 1.807) is 23.5 Å². The van der Waals surface area contributed by atoms with E-state index in [2.05, 4.69) is 10.6 Å². The van der Waals surface area contributed by atoms with Crippen LogP contribution in [0.3, 0.4) is 0 Å². The van der Waals surface area contributed by atoms with Crippen molar-refractivity contribution in [1.29, 1.82) is 0 Å². The number of benzene rings is 1. The molecule has 2 amide bonds. The predicted octanol–water partition coefficient (Wildman–Crippen LogP) is 2.10. The van der Waals surface area contributed by atoms with Gasteiger partial charge in [-0.1, -0.05) is 23.8 Å². The highest BCUT2D eigenvalue weighted by molar-refractivity contribution is 7.09. The molecule has 2 aromatic rings. The molecule has 0 unspecified atom stereocenters. The summed E-state index contributed by atoms with van der Waals surface area (Å²) in [5.74, 6) is -0.431. The molecule has 0 spiro atoms. The lowest BCUT2D eigenvalue weighted by atomic mass is 10.1. The van der Waals surface area contributed by atoms with Gasteiger partial charge >= 0.3 is 0 Å². The average molecular weight is 288 g/mol. The summed E-state index contributed by atoms with van der Waals surface area (Å²) >= 11 is 1.59. The van der Waals surface area contributed by atoms with Gasteiger partial charge in [0.15, 0.2) is 0 Å². The molecule has 0 bridgehead atoms. The third kappa shape index (κ3) is 4.20. The van der Waals surface area contributed by atoms with Crippen molar-refractivity contribution in [3.05, 3.63) is 57.8 Å². The van der Waals surface area contributed by atoms with Gasteiger partial charge in [0, 0.05) is 10.4 Å². The zero-order valence-corrected chi connectivity index (χ0v) is 12.0. The summed E-state index contributed by atoms with van der Waals surface area (Å²) in [6, 6.07) is 11.2. The maximum absolute atomic E-state index is 11.8. The highest BCUT2D eigenvalue weighted by Crippen LogP contribution is 2.07. The molecule has 0 fully saturated rings. The lowest BCUT2D eigenvalue weighted by Crippen LogP contribution is -2.36. The van der Waals surface area contributed by atoms with Crippen LogP contribution >= 0.6 is 11.3 Å². The van der Waals surface area contributed by atoms with Crippen LogP contribution in [-0.2, 0) is 11.3 Å². The standard InChI is InChI=1S/C15H16N2O2S/c1-11-4-2-5-12(8-11)15(19)17-10-14(18)16-9-13-6-3-7-20-13/h2-8H,9-10H2,1H3,(H,16,18)(H,17,19). The first-order valence-electron chi connectivity index (χ1n) is 6.29. The molecule has 4 nitrogen and oxygen atoms in total.